The number of amides is 1. The first-order valence-electron chi connectivity index (χ1n) is 7.23. The maximum Gasteiger partial charge on any atom is 0.251 e. The fourth-order valence-corrected chi connectivity index (χ4v) is 2.12. The van der Waals surface area contributed by atoms with E-state index < -0.39 is 17.5 Å². The highest BCUT2D eigenvalue weighted by Crippen LogP contribution is 2.13. The molecule has 0 saturated carbocycles. The number of halogens is 2. The largest absolute Gasteiger partial charge is 0.348 e. The molecule has 0 bridgehead atoms. The van der Waals surface area contributed by atoms with Crippen molar-refractivity contribution in [2.24, 2.45) is 0 Å². The molecule has 2 heterocycles. The van der Waals surface area contributed by atoms with Crippen LogP contribution in [0.1, 0.15) is 15.9 Å². The fourth-order valence-electron chi connectivity index (χ4n) is 2.12. The zero-order chi connectivity index (χ0) is 16.9. The molecule has 0 radical (unpaired) electrons. The molecule has 0 aliphatic carbocycles. The van der Waals surface area contributed by atoms with Gasteiger partial charge in [0.2, 0.25) is 0 Å². The van der Waals surface area contributed by atoms with Gasteiger partial charge in [0.15, 0.2) is 11.6 Å². The lowest BCUT2D eigenvalue weighted by Crippen LogP contribution is -2.23. The quantitative estimate of drug-likeness (QED) is 0.800. The summed E-state index contributed by atoms with van der Waals surface area (Å²) in [6.45, 7) is 0.229. The van der Waals surface area contributed by atoms with Crippen LogP contribution in [0.5, 0.6) is 0 Å². The number of hydrogen-bond acceptors (Lipinski definition) is 3. The number of benzene rings is 1. The highest BCUT2D eigenvalue weighted by molar-refractivity contribution is 5.94. The number of nitrogens with zero attached hydrogens (tertiary/aromatic N) is 2. The lowest BCUT2D eigenvalue weighted by molar-refractivity contribution is 0.0950. The molecule has 3 aromatic rings. The van der Waals surface area contributed by atoms with E-state index in [0.717, 1.165) is 29.1 Å². The lowest BCUT2D eigenvalue weighted by atomic mass is 10.2. The van der Waals surface area contributed by atoms with Gasteiger partial charge in [0.1, 0.15) is 0 Å². The van der Waals surface area contributed by atoms with Crippen LogP contribution in [0.3, 0.4) is 0 Å². The molecule has 1 amide bonds. The third kappa shape index (κ3) is 3.60. The summed E-state index contributed by atoms with van der Waals surface area (Å²) < 4.78 is 26.0. The highest BCUT2D eigenvalue weighted by Gasteiger charge is 2.09. The normalized spacial score (nSPS) is 10.4. The van der Waals surface area contributed by atoms with Crippen LogP contribution in [-0.4, -0.2) is 15.9 Å². The van der Waals surface area contributed by atoms with Gasteiger partial charge in [-0.2, -0.15) is 0 Å². The van der Waals surface area contributed by atoms with E-state index in [2.05, 4.69) is 15.3 Å². The number of aromatic nitrogens is 2. The monoisotopic (exact) mass is 325 g/mol. The summed E-state index contributed by atoms with van der Waals surface area (Å²) >= 11 is 0. The van der Waals surface area contributed by atoms with Gasteiger partial charge in [-0.05, 0) is 42.0 Å². The molecule has 0 unspecified atom stereocenters. The molecular weight excluding hydrogens is 312 g/mol. The van der Waals surface area contributed by atoms with Crippen LogP contribution in [0.15, 0.2) is 60.9 Å². The summed E-state index contributed by atoms with van der Waals surface area (Å²) in [5, 5.41) is 2.64. The van der Waals surface area contributed by atoms with Crippen molar-refractivity contribution >= 4 is 5.91 Å². The third-order valence-corrected chi connectivity index (χ3v) is 3.39. The van der Waals surface area contributed by atoms with Crippen LogP contribution in [0.4, 0.5) is 8.78 Å². The Morgan fingerprint density at radius 1 is 0.958 bits per heavy atom. The van der Waals surface area contributed by atoms with Crippen LogP contribution in [0, 0.1) is 11.6 Å². The zero-order valence-electron chi connectivity index (χ0n) is 12.5. The Kier molecular flexibility index (Phi) is 4.56. The maximum atomic E-state index is 13.1. The molecule has 0 fully saturated rings. The van der Waals surface area contributed by atoms with Crippen molar-refractivity contribution in [1.82, 2.24) is 15.3 Å². The van der Waals surface area contributed by atoms with Crippen molar-refractivity contribution in [2.75, 3.05) is 0 Å². The molecule has 4 nitrogen and oxygen atoms in total. The number of carbonyl (C=O) groups excluding carboxylic acids is 1. The van der Waals surface area contributed by atoms with Gasteiger partial charge in [0, 0.05) is 24.5 Å². The summed E-state index contributed by atoms with van der Waals surface area (Å²) in [4.78, 5) is 20.5. The van der Waals surface area contributed by atoms with E-state index in [0.29, 0.717) is 0 Å². The Bertz CT molecular complexity index is 852. The van der Waals surface area contributed by atoms with Crippen molar-refractivity contribution in [3.05, 3.63) is 83.7 Å². The molecule has 120 valence electrons. The number of nitrogens with one attached hydrogen (secondary N) is 1. The minimum absolute atomic E-state index is 0.0620. The molecule has 0 aliphatic rings. The molecule has 0 aliphatic heterocycles. The Hall–Kier alpha value is -3.15. The predicted molar refractivity (Wildman–Crippen MR) is 85.0 cm³/mol. The van der Waals surface area contributed by atoms with Crippen LogP contribution in [0.2, 0.25) is 0 Å². The maximum absolute atomic E-state index is 13.1. The van der Waals surface area contributed by atoms with E-state index in [-0.39, 0.29) is 12.1 Å². The van der Waals surface area contributed by atoms with Crippen molar-refractivity contribution in [3.63, 3.8) is 0 Å². The van der Waals surface area contributed by atoms with E-state index >= 15 is 0 Å². The van der Waals surface area contributed by atoms with Crippen molar-refractivity contribution in [2.45, 2.75) is 6.54 Å². The number of carbonyl (C=O) groups is 1. The van der Waals surface area contributed by atoms with Crippen LogP contribution in [-0.2, 0) is 6.54 Å². The number of rotatable bonds is 4. The molecular formula is C18H13F2N3O. The molecule has 0 saturated heterocycles. The standard InChI is InChI=1S/C18H13F2N3O/c19-14-6-5-13(9-15(14)20)18(24)23-11-12-4-7-17(22-10-12)16-3-1-2-8-21-16/h1-10H,11H2,(H,23,24). The highest BCUT2D eigenvalue weighted by atomic mass is 19.2. The average Bonchev–Trinajstić information content (AvgIpc) is 2.63. The van der Waals surface area contributed by atoms with Gasteiger partial charge in [-0.25, -0.2) is 8.78 Å². The average molecular weight is 325 g/mol. The first-order valence-corrected chi connectivity index (χ1v) is 7.23. The van der Waals surface area contributed by atoms with Crippen LogP contribution in [0.25, 0.3) is 11.4 Å². The number of hydrogen-bond donors (Lipinski definition) is 1. The second-order valence-electron chi connectivity index (χ2n) is 5.08. The molecule has 1 N–H and O–H groups in total. The molecule has 24 heavy (non-hydrogen) atoms. The molecule has 6 heteroatoms. The zero-order valence-corrected chi connectivity index (χ0v) is 12.5. The Labute approximate surface area is 137 Å². The van der Waals surface area contributed by atoms with E-state index in [1.54, 1.807) is 18.5 Å². The second-order valence-corrected chi connectivity index (χ2v) is 5.08. The van der Waals surface area contributed by atoms with Crippen molar-refractivity contribution < 1.29 is 13.6 Å². The van der Waals surface area contributed by atoms with E-state index in [4.69, 9.17) is 0 Å². The van der Waals surface area contributed by atoms with E-state index in [1.807, 2.05) is 24.3 Å². The molecule has 1 aromatic carbocycles. The first-order chi connectivity index (χ1) is 11.6. The van der Waals surface area contributed by atoms with Crippen molar-refractivity contribution in [1.29, 1.82) is 0 Å². The topological polar surface area (TPSA) is 54.9 Å². The Morgan fingerprint density at radius 3 is 2.46 bits per heavy atom. The molecule has 0 atom stereocenters. The molecule has 0 spiro atoms. The fraction of sp³-hybridized carbons (Fsp3) is 0.0556. The predicted octanol–water partition coefficient (Wildman–Crippen LogP) is 3.35. The van der Waals surface area contributed by atoms with Gasteiger partial charge in [-0.15, -0.1) is 0 Å². The minimum atomic E-state index is -1.05. The van der Waals surface area contributed by atoms with Gasteiger partial charge >= 0.3 is 0 Å². The lowest BCUT2D eigenvalue weighted by Gasteiger charge is -2.06. The van der Waals surface area contributed by atoms with E-state index in [9.17, 15) is 13.6 Å². The van der Waals surface area contributed by atoms with Crippen LogP contribution < -0.4 is 5.32 Å². The van der Waals surface area contributed by atoms with Crippen LogP contribution >= 0.6 is 0 Å². The summed E-state index contributed by atoms with van der Waals surface area (Å²) in [5.74, 6) is -2.52. The van der Waals surface area contributed by atoms with Gasteiger partial charge < -0.3 is 5.32 Å². The van der Waals surface area contributed by atoms with Gasteiger partial charge in [0.25, 0.3) is 5.91 Å². The summed E-state index contributed by atoms with van der Waals surface area (Å²) in [7, 11) is 0. The SMILES string of the molecule is O=C(NCc1ccc(-c2ccccn2)nc1)c1ccc(F)c(F)c1. The summed E-state index contributed by atoms with van der Waals surface area (Å²) in [6, 6.07) is 12.2. The summed E-state index contributed by atoms with van der Waals surface area (Å²) in [6.07, 6.45) is 3.32. The Morgan fingerprint density at radius 2 is 1.79 bits per heavy atom. The van der Waals surface area contributed by atoms with Crippen molar-refractivity contribution in [3.8, 4) is 11.4 Å². The van der Waals surface area contributed by atoms with E-state index in [1.165, 1.54) is 6.07 Å². The second kappa shape index (κ2) is 6.95. The number of pyridine rings is 2. The minimum Gasteiger partial charge on any atom is -0.348 e. The van der Waals surface area contributed by atoms with Gasteiger partial charge in [-0.1, -0.05) is 12.1 Å². The summed E-state index contributed by atoms with van der Waals surface area (Å²) in [5.41, 5.74) is 2.33. The Balaban J connectivity index is 1.64. The smallest absolute Gasteiger partial charge is 0.251 e. The molecule has 3 rings (SSSR count). The van der Waals surface area contributed by atoms with Gasteiger partial charge in [-0.3, -0.25) is 14.8 Å². The van der Waals surface area contributed by atoms with Gasteiger partial charge in [0.05, 0.1) is 11.4 Å². The third-order valence-electron chi connectivity index (χ3n) is 3.39. The first kappa shape index (κ1) is 15.7. The molecule has 2 aromatic heterocycles.